The number of hydrogen-bond donors (Lipinski definition) is 2. The lowest BCUT2D eigenvalue weighted by atomic mass is 10.0. The number of likely N-dealkylation sites (tertiary alicyclic amines) is 1. The summed E-state index contributed by atoms with van der Waals surface area (Å²) in [6.45, 7) is 6.40. The van der Waals surface area contributed by atoms with Crippen molar-refractivity contribution in [3.05, 3.63) is 29.8 Å². The third-order valence-corrected chi connectivity index (χ3v) is 4.72. The summed E-state index contributed by atoms with van der Waals surface area (Å²) >= 11 is 0. The number of nitrogens with zero attached hydrogens (tertiary/aromatic N) is 2. The molecule has 1 aromatic carbocycles. The second kappa shape index (κ2) is 12.4. The Kier molecular flexibility index (Phi) is 10.9. The molecule has 1 heterocycles. The minimum atomic E-state index is 0. The second-order valence-corrected chi connectivity index (χ2v) is 6.40. The molecule has 1 aliphatic rings. The van der Waals surface area contributed by atoms with Crippen LogP contribution in [0.2, 0.25) is 0 Å². The van der Waals surface area contributed by atoms with E-state index in [1.54, 1.807) is 7.11 Å². The van der Waals surface area contributed by atoms with Crippen molar-refractivity contribution in [1.29, 1.82) is 0 Å². The molecule has 0 saturated carbocycles. The van der Waals surface area contributed by atoms with Crippen molar-refractivity contribution < 1.29 is 4.74 Å². The SMILES string of the molecule is CN=C(NCCCN1CCCCC1C)NCc1ccccc1OC.I. The molecular formula is C19H33IN4O. The van der Waals surface area contributed by atoms with Gasteiger partial charge in [-0.2, -0.15) is 0 Å². The number of methoxy groups -OCH3 is 1. The zero-order valence-electron chi connectivity index (χ0n) is 15.8. The van der Waals surface area contributed by atoms with E-state index in [2.05, 4.69) is 33.5 Å². The number of para-hydroxylation sites is 1. The number of aliphatic imine (C=N–C) groups is 1. The van der Waals surface area contributed by atoms with Gasteiger partial charge in [0.25, 0.3) is 0 Å². The Labute approximate surface area is 169 Å². The topological polar surface area (TPSA) is 48.9 Å². The predicted octanol–water partition coefficient (Wildman–Crippen LogP) is 3.24. The van der Waals surface area contributed by atoms with Crippen molar-refractivity contribution in [2.24, 2.45) is 4.99 Å². The molecule has 6 heteroatoms. The minimum absolute atomic E-state index is 0. The van der Waals surface area contributed by atoms with E-state index >= 15 is 0 Å². The van der Waals surface area contributed by atoms with Gasteiger partial charge in [-0.3, -0.25) is 4.99 Å². The zero-order valence-corrected chi connectivity index (χ0v) is 18.1. The van der Waals surface area contributed by atoms with Crippen LogP contribution in [0.1, 0.15) is 38.2 Å². The lowest BCUT2D eigenvalue weighted by molar-refractivity contribution is 0.159. The molecule has 2 rings (SSSR count). The van der Waals surface area contributed by atoms with Crippen LogP contribution in [0.4, 0.5) is 0 Å². The molecule has 1 unspecified atom stereocenters. The standard InChI is InChI=1S/C19H32N4O.HI/c1-16-9-6-7-13-23(16)14-8-12-21-19(20-2)22-15-17-10-4-5-11-18(17)24-3;/h4-5,10-11,16H,6-9,12-15H2,1-3H3,(H2,20,21,22);1H. The second-order valence-electron chi connectivity index (χ2n) is 6.40. The number of benzene rings is 1. The molecule has 0 aromatic heterocycles. The van der Waals surface area contributed by atoms with E-state index in [0.29, 0.717) is 6.54 Å². The lowest BCUT2D eigenvalue weighted by Gasteiger charge is -2.33. The molecule has 0 bridgehead atoms. The smallest absolute Gasteiger partial charge is 0.191 e. The van der Waals surface area contributed by atoms with Crippen LogP contribution < -0.4 is 15.4 Å². The van der Waals surface area contributed by atoms with Crippen LogP contribution in [0, 0.1) is 0 Å². The van der Waals surface area contributed by atoms with Crippen LogP contribution >= 0.6 is 24.0 Å². The zero-order chi connectivity index (χ0) is 17.2. The third-order valence-electron chi connectivity index (χ3n) is 4.72. The largest absolute Gasteiger partial charge is 0.496 e. The van der Waals surface area contributed by atoms with E-state index in [0.717, 1.165) is 42.8 Å². The third kappa shape index (κ3) is 7.40. The van der Waals surface area contributed by atoms with Crippen molar-refractivity contribution in [3.63, 3.8) is 0 Å². The maximum atomic E-state index is 5.38. The number of piperidine rings is 1. The van der Waals surface area contributed by atoms with E-state index in [1.165, 1.54) is 25.8 Å². The van der Waals surface area contributed by atoms with Crippen LogP contribution in [0.25, 0.3) is 0 Å². The highest BCUT2D eigenvalue weighted by Crippen LogP contribution is 2.17. The number of hydrogen-bond acceptors (Lipinski definition) is 3. The van der Waals surface area contributed by atoms with Crippen molar-refractivity contribution in [1.82, 2.24) is 15.5 Å². The van der Waals surface area contributed by atoms with Crippen molar-refractivity contribution in [2.75, 3.05) is 33.8 Å². The highest BCUT2D eigenvalue weighted by atomic mass is 127. The van der Waals surface area contributed by atoms with E-state index in [-0.39, 0.29) is 24.0 Å². The van der Waals surface area contributed by atoms with Crippen LogP contribution in [0.15, 0.2) is 29.3 Å². The number of guanidine groups is 1. The molecule has 0 aliphatic carbocycles. The van der Waals surface area contributed by atoms with E-state index in [1.807, 2.05) is 25.2 Å². The Bertz CT molecular complexity index is 524. The average molecular weight is 460 g/mol. The summed E-state index contributed by atoms with van der Waals surface area (Å²) in [6, 6.07) is 8.79. The fourth-order valence-electron chi connectivity index (χ4n) is 3.23. The van der Waals surface area contributed by atoms with Gasteiger partial charge in [-0.25, -0.2) is 0 Å². The minimum Gasteiger partial charge on any atom is -0.496 e. The monoisotopic (exact) mass is 460 g/mol. The number of nitrogens with one attached hydrogen (secondary N) is 2. The molecule has 0 radical (unpaired) electrons. The number of ether oxygens (including phenoxy) is 1. The first kappa shape index (κ1) is 22.0. The van der Waals surface area contributed by atoms with Gasteiger partial charge in [0.2, 0.25) is 0 Å². The molecule has 0 amide bonds. The highest BCUT2D eigenvalue weighted by Gasteiger charge is 2.17. The van der Waals surface area contributed by atoms with Gasteiger partial charge in [0.1, 0.15) is 5.75 Å². The van der Waals surface area contributed by atoms with Crippen LogP contribution in [0.3, 0.4) is 0 Å². The summed E-state index contributed by atoms with van der Waals surface area (Å²) in [4.78, 5) is 6.91. The maximum Gasteiger partial charge on any atom is 0.191 e. The highest BCUT2D eigenvalue weighted by molar-refractivity contribution is 14.0. The molecule has 1 aromatic rings. The summed E-state index contributed by atoms with van der Waals surface area (Å²) in [5, 5.41) is 6.76. The number of rotatable bonds is 7. The van der Waals surface area contributed by atoms with Gasteiger partial charge in [0.15, 0.2) is 5.96 Å². The maximum absolute atomic E-state index is 5.38. The Morgan fingerprint density at radius 3 is 2.80 bits per heavy atom. The van der Waals surface area contributed by atoms with Gasteiger partial charge >= 0.3 is 0 Å². The van der Waals surface area contributed by atoms with Crippen LogP contribution in [0.5, 0.6) is 5.75 Å². The Hall–Kier alpha value is -1.02. The molecule has 1 saturated heterocycles. The predicted molar refractivity (Wildman–Crippen MR) is 116 cm³/mol. The normalized spacial score (nSPS) is 18.4. The molecule has 1 fully saturated rings. The van der Waals surface area contributed by atoms with Crippen LogP contribution in [-0.2, 0) is 6.54 Å². The molecule has 142 valence electrons. The summed E-state index contributed by atoms with van der Waals surface area (Å²) in [5.41, 5.74) is 1.13. The summed E-state index contributed by atoms with van der Waals surface area (Å²) in [5.74, 6) is 1.74. The van der Waals surface area contributed by atoms with Gasteiger partial charge in [-0.1, -0.05) is 24.6 Å². The first-order valence-corrected chi connectivity index (χ1v) is 9.05. The summed E-state index contributed by atoms with van der Waals surface area (Å²) in [7, 11) is 3.51. The van der Waals surface area contributed by atoms with Gasteiger partial charge in [0.05, 0.1) is 7.11 Å². The molecule has 1 atom stereocenters. The van der Waals surface area contributed by atoms with Gasteiger partial charge in [0, 0.05) is 38.3 Å². The Balaban J connectivity index is 0.00000312. The molecule has 0 spiro atoms. The van der Waals surface area contributed by atoms with Gasteiger partial charge in [-0.15, -0.1) is 24.0 Å². The Morgan fingerprint density at radius 1 is 1.28 bits per heavy atom. The van der Waals surface area contributed by atoms with Crippen molar-refractivity contribution >= 4 is 29.9 Å². The average Bonchev–Trinajstić information content (AvgIpc) is 2.62. The van der Waals surface area contributed by atoms with E-state index in [4.69, 9.17) is 4.74 Å². The van der Waals surface area contributed by atoms with Gasteiger partial charge in [-0.05, 0) is 38.8 Å². The molecule has 25 heavy (non-hydrogen) atoms. The fourth-order valence-corrected chi connectivity index (χ4v) is 3.23. The molecule has 5 nitrogen and oxygen atoms in total. The summed E-state index contributed by atoms with van der Waals surface area (Å²) in [6.07, 6.45) is 5.21. The number of halogens is 1. The fraction of sp³-hybridized carbons (Fsp3) is 0.632. The molecule has 1 aliphatic heterocycles. The molecule has 2 N–H and O–H groups in total. The Morgan fingerprint density at radius 2 is 2.08 bits per heavy atom. The summed E-state index contributed by atoms with van der Waals surface area (Å²) < 4.78 is 5.38. The first-order valence-electron chi connectivity index (χ1n) is 9.05. The molecular weight excluding hydrogens is 427 g/mol. The first-order chi connectivity index (χ1) is 11.7. The quantitative estimate of drug-likeness (QED) is 0.284. The van der Waals surface area contributed by atoms with E-state index in [9.17, 15) is 0 Å². The van der Waals surface area contributed by atoms with Crippen molar-refractivity contribution in [3.8, 4) is 5.75 Å². The van der Waals surface area contributed by atoms with Crippen molar-refractivity contribution in [2.45, 2.75) is 45.2 Å². The van der Waals surface area contributed by atoms with Crippen LogP contribution in [-0.4, -0.2) is 50.7 Å². The lowest BCUT2D eigenvalue weighted by Crippen LogP contribution is -2.41. The van der Waals surface area contributed by atoms with E-state index < -0.39 is 0 Å². The van der Waals surface area contributed by atoms with Gasteiger partial charge < -0.3 is 20.3 Å².